The molecular formula is C17H15BrO3. The largest absolute Gasteiger partial charge is 0.497 e. The zero-order chi connectivity index (χ0) is 15.2. The Morgan fingerprint density at radius 3 is 2.57 bits per heavy atom. The van der Waals surface area contributed by atoms with Crippen LogP contribution in [0.1, 0.15) is 15.9 Å². The third kappa shape index (κ3) is 3.95. The van der Waals surface area contributed by atoms with Crippen LogP contribution in [0.25, 0.3) is 6.08 Å². The molecule has 0 aromatic heterocycles. The summed E-state index contributed by atoms with van der Waals surface area (Å²) in [5.74, 6) is 1.01. The molecule has 2 aromatic carbocycles. The van der Waals surface area contributed by atoms with Crippen molar-refractivity contribution in [2.75, 3.05) is 14.2 Å². The first-order chi connectivity index (χ1) is 10.1. The maximum atomic E-state index is 12.3. The fraction of sp³-hybridized carbons (Fsp3) is 0.118. The van der Waals surface area contributed by atoms with Gasteiger partial charge in [0.2, 0.25) is 0 Å². The van der Waals surface area contributed by atoms with Crippen LogP contribution >= 0.6 is 15.9 Å². The van der Waals surface area contributed by atoms with Gasteiger partial charge < -0.3 is 9.47 Å². The van der Waals surface area contributed by atoms with Crippen molar-refractivity contribution >= 4 is 27.8 Å². The van der Waals surface area contributed by atoms with E-state index in [0.29, 0.717) is 17.1 Å². The molecule has 0 aliphatic heterocycles. The van der Waals surface area contributed by atoms with E-state index in [9.17, 15) is 4.79 Å². The first-order valence-corrected chi connectivity index (χ1v) is 7.13. The molecule has 0 spiro atoms. The highest BCUT2D eigenvalue weighted by Crippen LogP contribution is 2.25. The van der Waals surface area contributed by atoms with Crippen LogP contribution in [-0.4, -0.2) is 20.0 Å². The number of ketones is 1. The molecule has 0 heterocycles. The Balaban J connectivity index is 2.27. The van der Waals surface area contributed by atoms with Crippen molar-refractivity contribution < 1.29 is 14.3 Å². The summed E-state index contributed by atoms with van der Waals surface area (Å²) in [5.41, 5.74) is 1.42. The number of allylic oxidation sites excluding steroid dienone is 1. The summed E-state index contributed by atoms with van der Waals surface area (Å²) in [4.78, 5) is 12.3. The monoisotopic (exact) mass is 346 g/mol. The molecule has 2 aromatic rings. The van der Waals surface area contributed by atoms with Crippen LogP contribution in [0.5, 0.6) is 11.5 Å². The lowest BCUT2D eigenvalue weighted by Gasteiger charge is -2.07. The van der Waals surface area contributed by atoms with Gasteiger partial charge in [0.05, 0.1) is 19.8 Å². The molecule has 2 rings (SSSR count). The number of methoxy groups -OCH3 is 2. The highest BCUT2D eigenvalue weighted by atomic mass is 79.9. The molecule has 0 aliphatic rings. The molecule has 0 amide bonds. The Morgan fingerprint density at radius 2 is 1.90 bits per heavy atom. The molecule has 4 heteroatoms. The maximum absolute atomic E-state index is 12.3. The zero-order valence-electron chi connectivity index (χ0n) is 11.8. The van der Waals surface area contributed by atoms with Crippen LogP contribution in [0.3, 0.4) is 0 Å². The first-order valence-electron chi connectivity index (χ1n) is 6.34. The van der Waals surface area contributed by atoms with Gasteiger partial charge in [0.25, 0.3) is 0 Å². The van der Waals surface area contributed by atoms with E-state index in [2.05, 4.69) is 15.9 Å². The Bertz CT molecular complexity index is 677. The normalized spacial score (nSPS) is 10.6. The van der Waals surface area contributed by atoms with E-state index < -0.39 is 0 Å². The average Bonchev–Trinajstić information content (AvgIpc) is 2.52. The summed E-state index contributed by atoms with van der Waals surface area (Å²) in [6, 6.07) is 12.9. The smallest absolute Gasteiger partial charge is 0.189 e. The zero-order valence-corrected chi connectivity index (χ0v) is 13.4. The van der Waals surface area contributed by atoms with Crippen LogP contribution in [0.2, 0.25) is 0 Å². The molecule has 0 N–H and O–H groups in total. The number of halogens is 1. The number of carbonyl (C=O) groups is 1. The van der Waals surface area contributed by atoms with E-state index >= 15 is 0 Å². The summed E-state index contributed by atoms with van der Waals surface area (Å²) in [6.45, 7) is 0. The van der Waals surface area contributed by atoms with Gasteiger partial charge in [-0.15, -0.1) is 0 Å². The fourth-order valence-corrected chi connectivity index (χ4v) is 2.30. The van der Waals surface area contributed by atoms with Gasteiger partial charge in [-0.3, -0.25) is 4.79 Å². The van der Waals surface area contributed by atoms with Gasteiger partial charge >= 0.3 is 0 Å². The SMILES string of the molecule is COc1ccc(OC)c(C(=O)C=Cc2cccc(Br)c2)c1. The van der Waals surface area contributed by atoms with Crippen molar-refractivity contribution in [3.05, 3.63) is 64.1 Å². The quantitative estimate of drug-likeness (QED) is 0.595. The van der Waals surface area contributed by atoms with E-state index in [1.807, 2.05) is 24.3 Å². The predicted octanol–water partition coefficient (Wildman–Crippen LogP) is 4.36. The molecule has 0 radical (unpaired) electrons. The summed E-state index contributed by atoms with van der Waals surface area (Å²) in [7, 11) is 3.10. The number of rotatable bonds is 5. The summed E-state index contributed by atoms with van der Waals surface area (Å²) < 4.78 is 11.3. The average molecular weight is 347 g/mol. The molecule has 108 valence electrons. The summed E-state index contributed by atoms with van der Waals surface area (Å²) in [6.07, 6.45) is 3.30. The molecule has 0 atom stereocenters. The van der Waals surface area contributed by atoms with Crippen LogP contribution < -0.4 is 9.47 Å². The van der Waals surface area contributed by atoms with Gasteiger partial charge in [-0.25, -0.2) is 0 Å². The van der Waals surface area contributed by atoms with Gasteiger partial charge in [0.1, 0.15) is 11.5 Å². The Morgan fingerprint density at radius 1 is 1.10 bits per heavy atom. The highest BCUT2D eigenvalue weighted by molar-refractivity contribution is 9.10. The summed E-state index contributed by atoms with van der Waals surface area (Å²) in [5, 5.41) is 0. The predicted molar refractivity (Wildman–Crippen MR) is 87.1 cm³/mol. The number of carbonyl (C=O) groups excluding carboxylic acids is 1. The third-order valence-corrected chi connectivity index (χ3v) is 3.44. The Kier molecular flexibility index (Phi) is 5.17. The lowest BCUT2D eigenvalue weighted by atomic mass is 10.1. The lowest BCUT2D eigenvalue weighted by Crippen LogP contribution is -1.99. The minimum absolute atomic E-state index is 0.134. The van der Waals surface area contributed by atoms with Gasteiger partial charge in [-0.2, -0.15) is 0 Å². The highest BCUT2D eigenvalue weighted by Gasteiger charge is 2.11. The molecule has 0 bridgehead atoms. The number of benzene rings is 2. The fourth-order valence-electron chi connectivity index (χ4n) is 1.88. The van der Waals surface area contributed by atoms with Crippen LogP contribution in [0.4, 0.5) is 0 Å². The first kappa shape index (κ1) is 15.3. The van der Waals surface area contributed by atoms with E-state index in [-0.39, 0.29) is 5.78 Å². The standard InChI is InChI=1S/C17H15BrO3/c1-20-14-7-9-17(21-2)15(11-14)16(19)8-6-12-4-3-5-13(18)10-12/h3-11H,1-2H3. The molecule has 0 saturated heterocycles. The minimum atomic E-state index is -0.134. The van der Waals surface area contributed by atoms with Gasteiger partial charge in [0.15, 0.2) is 5.78 Å². The van der Waals surface area contributed by atoms with Gasteiger partial charge in [-0.05, 0) is 42.0 Å². The van der Waals surface area contributed by atoms with Crippen molar-refractivity contribution in [3.8, 4) is 11.5 Å². The van der Waals surface area contributed by atoms with Crippen molar-refractivity contribution in [1.29, 1.82) is 0 Å². The van der Waals surface area contributed by atoms with Crippen LogP contribution in [0.15, 0.2) is 53.0 Å². The van der Waals surface area contributed by atoms with E-state index in [1.165, 1.54) is 13.2 Å². The van der Waals surface area contributed by atoms with Gasteiger partial charge in [0, 0.05) is 4.47 Å². The lowest BCUT2D eigenvalue weighted by molar-refractivity contribution is 0.104. The van der Waals surface area contributed by atoms with E-state index in [4.69, 9.17) is 9.47 Å². The third-order valence-electron chi connectivity index (χ3n) is 2.95. The van der Waals surface area contributed by atoms with Crippen molar-refractivity contribution in [2.24, 2.45) is 0 Å². The number of hydrogen-bond acceptors (Lipinski definition) is 3. The molecule has 21 heavy (non-hydrogen) atoms. The number of ether oxygens (including phenoxy) is 2. The molecular weight excluding hydrogens is 332 g/mol. The second-order valence-electron chi connectivity index (χ2n) is 4.32. The Hall–Kier alpha value is -2.07. The topological polar surface area (TPSA) is 35.5 Å². The van der Waals surface area contributed by atoms with Crippen molar-refractivity contribution in [3.63, 3.8) is 0 Å². The van der Waals surface area contributed by atoms with Crippen molar-refractivity contribution in [2.45, 2.75) is 0 Å². The maximum Gasteiger partial charge on any atom is 0.189 e. The summed E-state index contributed by atoms with van der Waals surface area (Å²) >= 11 is 3.40. The van der Waals surface area contributed by atoms with Crippen LogP contribution in [0, 0.1) is 0 Å². The minimum Gasteiger partial charge on any atom is -0.497 e. The second-order valence-corrected chi connectivity index (χ2v) is 5.23. The molecule has 0 aliphatic carbocycles. The molecule has 0 saturated carbocycles. The molecule has 0 unspecified atom stereocenters. The second kappa shape index (κ2) is 7.09. The number of hydrogen-bond donors (Lipinski definition) is 0. The van der Waals surface area contributed by atoms with Crippen molar-refractivity contribution in [1.82, 2.24) is 0 Å². The molecule has 0 fully saturated rings. The Labute approximate surface area is 132 Å². The van der Waals surface area contributed by atoms with E-state index in [0.717, 1.165) is 10.0 Å². The van der Waals surface area contributed by atoms with E-state index in [1.54, 1.807) is 31.4 Å². The van der Waals surface area contributed by atoms with Crippen LogP contribution in [-0.2, 0) is 0 Å². The van der Waals surface area contributed by atoms with Gasteiger partial charge in [-0.1, -0.05) is 34.1 Å². The molecule has 3 nitrogen and oxygen atoms in total.